The molecule has 0 saturated heterocycles. The SMILES string of the molecule is O=C(N/N=C/c1ccccc1)c1ccc(O)cc1. The van der Waals surface area contributed by atoms with Gasteiger partial charge in [0.15, 0.2) is 0 Å². The van der Waals surface area contributed by atoms with E-state index < -0.39 is 0 Å². The third-order valence-electron chi connectivity index (χ3n) is 2.31. The van der Waals surface area contributed by atoms with Crippen molar-refractivity contribution in [3.05, 3.63) is 65.7 Å². The molecule has 2 N–H and O–H groups in total. The predicted molar refractivity (Wildman–Crippen MR) is 69.6 cm³/mol. The Morgan fingerprint density at radius 3 is 2.39 bits per heavy atom. The van der Waals surface area contributed by atoms with Gasteiger partial charge in [0.05, 0.1) is 6.21 Å². The highest BCUT2D eigenvalue weighted by molar-refractivity contribution is 5.94. The normalized spacial score (nSPS) is 10.4. The molecule has 18 heavy (non-hydrogen) atoms. The van der Waals surface area contributed by atoms with Crippen LogP contribution in [-0.4, -0.2) is 17.2 Å². The quantitative estimate of drug-likeness (QED) is 0.638. The number of nitrogens with zero attached hydrogens (tertiary/aromatic N) is 1. The van der Waals surface area contributed by atoms with E-state index in [1.54, 1.807) is 6.21 Å². The van der Waals surface area contributed by atoms with Crippen molar-refractivity contribution in [2.75, 3.05) is 0 Å². The average molecular weight is 240 g/mol. The molecular formula is C14H12N2O2. The predicted octanol–water partition coefficient (Wildman–Crippen LogP) is 2.16. The van der Waals surface area contributed by atoms with Crippen LogP contribution in [0.4, 0.5) is 0 Å². The van der Waals surface area contributed by atoms with Crippen molar-refractivity contribution in [1.29, 1.82) is 0 Å². The van der Waals surface area contributed by atoms with Gasteiger partial charge in [-0.3, -0.25) is 4.79 Å². The van der Waals surface area contributed by atoms with Gasteiger partial charge < -0.3 is 5.11 Å². The fourth-order valence-electron chi connectivity index (χ4n) is 1.38. The average Bonchev–Trinajstić information content (AvgIpc) is 2.40. The summed E-state index contributed by atoms with van der Waals surface area (Å²) in [5.41, 5.74) is 3.76. The van der Waals surface area contributed by atoms with E-state index in [9.17, 15) is 4.79 Å². The van der Waals surface area contributed by atoms with Gasteiger partial charge in [-0.2, -0.15) is 5.10 Å². The Balaban J connectivity index is 1.96. The number of phenols is 1. The molecule has 0 spiro atoms. The highest BCUT2D eigenvalue weighted by Crippen LogP contribution is 2.09. The van der Waals surface area contributed by atoms with Gasteiger partial charge in [-0.05, 0) is 29.8 Å². The molecule has 0 heterocycles. The lowest BCUT2D eigenvalue weighted by Crippen LogP contribution is -2.17. The van der Waals surface area contributed by atoms with E-state index in [0.717, 1.165) is 5.56 Å². The van der Waals surface area contributed by atoms with Gasteiger partial charge in [0, 0.05) is 5.56 Å². The second kappa shape index (κ2) is 5.63. The Bertz CT molecular complexity index is 548. The minimum absolute atomic E-state index is 0.124. The van der Waals surface area contributed by atoms with E-state index in [-0.39, 0.29) is 11.7 Å². The summed E-state index contributed by atoms with van der Waals surface area (Å²) in [5.74, 6) is -0.193. The van der Waals surface area contributed by atoms with Crippen molar-refractivity contribution in [3.8, 4) is 5.75 Å². The second-order valence-corrected chi connectivity index (χ2v) is 3.66. The molecule has 4 heteroatoms. The number of phenolic OH excluding ortho intramolecular Hbond substituents is 1. The van der Waals surface area contributed by atoms with Gasteiger partial charge in [-0.15, -0.1) is 0 Å². The maximum atomic E-state index is 11.6. The van der Waals surface area contributed by atoms with Crippen LogP contribution in [0.5, 0.6) is 5.75 Å². The topological polar surface area (TPSA) is 61.7 Å². The molecule has 0 radical (unpaired) electrons. The maximum Gasteiger partial charge on any atom is 0.271 e. The van der Waals surface area contributed by atoms with Crippen LogP contribution in [0.2, 0.25) is 0 Å². The van der Waals surface area contributed by atoms with E-state index in [1.165, 1.54) is 24.3 Å². The summed E-state index contributed by atoms with van der Waals surface area (Å²) in [6.07, 6.45) is 1.57. The zero-order valence-corrected chi connectivity index (χ0v) is 9.58. The minimum atomic E-state index is -0.317. The Morgan fingerprint density at radius 1 is 1.06 bits per heavy atom. The van der Waals surface area contributed by atoms with Gasteiger partial charge in [-0.25, -0.2) is 5.43 Å². The standard InChI is InChI=1S/C14H12N2O2/c17-13-8-6-12(7-9-13)14(18)16-15-10-11-4-2-1-3-5-11/h1-10,17H,(H,16,18)/b15-10+. The number of benzene rings is 2. The molecule has 0 aromatic heterocycles. The van der Waals surface area contributed by atoms with Crippen molar-refractivity contribution in [2.24, 2.45) is 5.10 Å². The van der Waals surface area contributed by atoms with E-state index in [2.05, 4.69) is 10.5 Å². The summed E-state index contributed by atoms with van der Waals surface area (Å²) in [5, 5.41) is 13.0. The molecule has 0 saturated carbocycles. The molecule has 0 bridgehead atoms. The van der Waals surface area contributed by atoms with E-state index in [0.29, 0.717) is 5.56 Å². The Hall–Kier alpha value is -2.62. The number of hydrogen-bond donors (Lipinski definition) is 2. The van der Waals surface area contributed by atoms with Crippen molar-refractivity contribution < 1.29 is 9.90 Å². The maximum absolute atomic E-state index is 11.6. The number of nitrogens with one attached hydrogen (secondary N) is 1. The molecule has 4 nitrogen and oxygen atoms in total. The van der Waals surface area contributed by atoms with Crippen LogP contribution in [-0.2, 0) is 0 Å². The zero-order valence-electron chi connectivity index (χ0n) is 9.58. The summed E-state index contributed by atoms with van der Waals surface area (Å²) in [4.78, 5) is 11.6. The van der Waals surface area contributed by atoms with Gasteiger partial charge >= 0.3 is 0 Å². The van der Waals surface area contributed by atoms with E-state index >= 15 is 0 Å². The largest absolute Gasteiger partial charge is 0.508 e. The molecule has 0 atom stereocenters. The Labute approximate surface area is 105 Å². The molecule has 0 aliphatic heterocycles. The number of carbonyl (C=O) groups is 1. The fourth-order valence-corrected chi connectivity index (χ4v) is 1.38. The van der Waals surface area contributed by atoms with Crippen molar-refractivity contribution in [3.63, 3.8) is 0 Å². The zero-order chi connectivity index (χ0) is 12.8. The first-order valence-corrected chi connectivity index (χ1v) is 5.43. The van der Waals surface area contributed by atoms with E-state index in [1.807, 2.05) is 30.3 Å². The minimum Gasteiger partial charge on any atom is -0.508 e. The first kappa shape index (κ1) is 11.9. The Kier molecular flexibility index (Phi) is 3.71. The van der Waals surface area contributed by atoms with Crippen LogP contribution >= 0.6 is 0 Å². The molecule has 2 aromatic carbocycles. The van der Waals surface area contributed by atoms with Crippen LogP contribution < -0.4 is 5.43 Å². The molecule has 0 aliphatic rings. The monoisotopic (exact) mass is 240 g/mol. The second-order valence-electron chi connectivity index (χ2n) is 3.66. The van der Waals surface area contributed by atoms with Crippen LogP contribution in [0, 0.1) is 0 Å². The van der Waals surface area contributed by atoms with Crippen LogP contribution in [0.3, 0.4) is 0 Å². The highest BCUT2D eigenvalue weighted by Gasteiger charge is 2.02. The molecule has 0 fully saturated rings. The highest BCUT2D eigenvalue weighted by atomic mass is 16.3. The number of aromatic hydroxyl groups is 1. The molecule has 0 aliphatic carbocycles. The number of rotatable bonds is 3. The number of amides is 1. The van der Waals surface area contributed by atoms with Gasteiger partial charge in [0.2, 0.25) is 0 Å². The molecule has 2 aromatic rings. The van der Waals surface area contributed by atoms with Crippen molar-refractivity contribution in [2.45, 2.75) is 0 Å². The summed E-state index contributed by atoms with van der Waals surface area (Å²) in [7, 11) is 0. The smallest absolute Gasteiger partial charge is 0.271 e. The lowest BCUT2D eigenvalue weighted by molar-refractivity contribution is 0.0955. The fraction of sp³-hybridized carbons (Fsp3) is 0. The van der Waals surface area contributed by atoms with Crippen molar-refractivity contribution >= 4 is 12.1 Å². The van der Waals surface area contributed by atoms with Crippen molar-refractivity contribution in [1.82, 2.24) is 5.43 Å². The third-order valence-corrected chi connectivity index (χ3v) is 2.31. The molecule has 0 unspecified atom stereocenters. The number of carbonyl (C=O) groups excluding carboxylic acids is 1. The Morgan fingerprint density at radius 2 is 1.72 bits per heavy atom. The van der Waals surface area contributed by atoms with Gasteiger partial charge in [0.25, 0.3) is 5.91 Å². The first-order valence-electron chi connectivity index (χ1n) is 5.43. The first-order chi connectivity index (χ1) is 8.75. The van der Waals surface area contributed by atoms with Crippen LogP contribution in [0.15, 0.2) is 59.7 Å². The van der Waals surface area contributed by atoms with Gasteiger partial charge in [0.1, 0.15) is 5.75 Å². The molecular weight excluding hydrogens is 228 g/mol. The summed E-state index contributed by atoms with van der Waals surface area (Å²) in [6, 6.07) is 15.4. The summed E-state index contributed by atoms with van der Waals surface area (Å²) >= 11 is 0. The number of hydrogen-bond acceptors (Lipinski definition) is 3. The number of hydrazone groups is 1. The lowest BCUT2D eigenvalue weighted by atomic mass is 10.2. The van der Waals surface area contributed by atoms with Gasteiger partial charge in [-0.1, -0.05) is 30.3 Å². The summed E-state index contributed by atoms with van der Waals surface area (Å²) in [6.45, 7) is 0. The molecule has 2 rings (SSSR count). The summed E-state index contributed by atoms with van der Waals surface area (Å²) < 4.78 is 0. The third kappa shape index (κ3) is 3.18. The molecule has 90 valence electrons. The van der Waals surface area contributed by atoms with Crippen LogP contribution in [0.1, 0.15) is 15.9 Å². The lowest BCUT2D eigenvalue weighted by Gasteiger charge is -1.99. The van der Waals surface area contributed by atoms with Crippen LogP contribution in [0.25, 0.3) is 0 Å². The molecule has 1 amide bonds. The van der Waals surface area contributed by atoms with E-state index in [4.69, 9.17) is 5.11 Å².